The molecule has 0 bridgehead atoms. The quantitative estimate of drug-likeness (QED) is 0.708. The summed E-state index contributed by atoms with van der Waals surface area (Å²) in [5.41, 5.74) is 10.7. The number of nitrogens with two attached hydrogens (primary N) is 1. The maximum absolute atomic E-state index is 11.1. The van der Waals surface area contributed by atoms with E-state index in [1.807, 2.05) is 48.7 Å². The number of anilines is 1. The van der Waals surface area contributed by atoms with Crippen molar-refractivity contribution in [1.82, 2.24) is 19.2 Å². The molecule has 0 atom stereocenters. The van der Waals surface area contributed by atoms with Gasteiger partial charge in [-0.25, -0.2) is 9.78 Å². The molecule has 1 aromatic carbocycles. The van der Waals surface area contributed by atoms with E-state index < -0.39 is 6.09 Å². The van der Waals surface area contributed by atoms with Crippen molar-refractivity contribution < 1.29 is 9.90 Å². The number of aromatic nitrogens is 2. The highest BCUT2D eigenvalue weighted by atomic mass is 16.4. The van der Waals surface area contributed by atoms with Crippen molar-refractivity contribution in [2.45, 2.75) is 6.54 Å². The third-order valence-electron chi connectivity index (χ3n) is 4.86. The SMILES string of the molecule is Nc1ccccc1-c1nc2ccccn2c1CN1CCN(C(=O)O)CC1. The van der Waals surface area contributed by atoms with Crippen molar-refractivity contribution in [2.75, 3.05) is 31.9 Å². The number of pyridine rings is 1. The zero-order valence-electron chi connectivity index (χ0n) is 14.4. The Labute approximate surface area is 151 Å². The van der Waals surface area contributed by atoms with Gasteiger partial charge < -0.3 is 20.1 Å². The Hall–Kier alpha value is -3.06. The molecule has 1 fully saturated rings. The highest BCUT2D eigenvalue weighted by Gasteiger charge is 2.23. The van der Waals surface area contributed by atoms with Crippen molar-refractivity contribution in [2.24, 2.45) is 0 Å². The van der Waals surface area contributed by atoms with Crippen LogP contribution in [0.1, 0.15) is 5.69 Å². The fraction of sp³-hybridized carbons (Fsp3) is 0.263. The molecule has 1 amide bonds. The van der Waals surface area contributed by atoms with E-state index in [4.69, 9.17) is 15.8 Å². The first-order chi connectivity index (χ1) is 12.6. The van der Waals surface area contributed by atoms with E-state index in [0.717, 1.165) is 22.6 Å². The molecule has 0 aliphatic carbocycles. The summed E-state index contributed by atoms with van der Waals surface area (Å²) in [6.07, 6.45) is 1.16. The molecule has 3 aromatic rings. The summed E-state index contributed by atoms with van der Waals surface area (Å²) < 4.78 is 2.09. The number of fused-ring (bicyclic) bond motifs is 1. The lowest BCUT2D eigenvalue weighted by molar-refractivity contribution is 0.102. The first-order valence-electron chi connectivity index (χ1n) is 8.64. The summed E-state index contributed by atoms with van der Waals surface area (Å²) in [5, 5.41) is 9.13. The summed E-state index contributed by atoms with van der Waals surface area (Å²) in [5.74, 6) is 0. The molecule has 1 saturated heterocycles. The Kier molecular flexibility index (Phi) is 4.22. The largest absolute Gasteiger partial charge is 0.465 e. The number of carbonyl (C=O) groups is 1. The number of para-hydroxylation sites is 1. The van der Waals surface area contributed by atoms with E-state index in [1.165, 1.54) is 4.90 Å². The molecule has 3 heterocycles. The molecule has 2 aromatic heterocycles. The van der Waals surface area contributed by atoms with Gasteiger partial charge in [0.25, 0.3) is 0 Å². The molecule has 1 aliphatic heterocycles. The highest BCUT2D eigenvalue weighted by molar-refractivity contribution is 5.77. The van der Waals surface area contributed by atoms with E-state index in [0.29, 0.717) is 38.4 Å². The van der Waals surface area contributed by atoms with E-state index in [1.54, 1.807) is 0 Å². The number of hydrogen-bond donors (Lipinski definition) is 2. The van der Waals surface area contributed by atoms with Gasteiger partial charge in [0.15, 0.2) is 0 Å². The van der Waals surface area contributed by atoms with Crippen LogP contribution in [0, 0.1) is 0 Å². The van der Waals surface area contributed by atoms with Crippen molar-refractivity contribution in [3.63, 3.8) is 0 Å². The van der Waals surface area contributed by atoms with Gasteiger partial charge in [0.2, 0.25) is 0 Å². The van der Waals surface area contributed by atoms with Crippen LogP contribution in [0.5, 0.6) is 0 Å². The van der Waals surface area contributed by atoms with Gasteiger partial charge >= 0.3 is 6.09 Å². The van der Waals surface area contributed by atoms with Crippen LogP contribution in [0.25, 0.3) is 16.9 Å². The molecule has 0 unspecified atom stereocenters. The minimum Gasteiger partial charge on any atom is -0.465 e. The predicted molar refractivity (Wildman–Crippen MR) is 99.9 cm³/mol. The molecule has 0 saturated carbocycles. The number of piperazine rings is 1. The Bertz CT molecular complexity index is 944. The molecule has 7 nitrogen and oxygen atoms in total. The van der Waals surface area contributed by atoms with E-state index in [2.05, 4.69) is 9.30 Å². The minimum atomic E-state index is -0.850. The summed E-state index contributed by atoms with van der Waals surface area (Å²) in [4.78, 5) is 19.6. The number of imidazole rings is 1. The molecule has 4 rings (SSSR count). The van der Waals surface area contributed by atoms with Gasteiger partial charge in [-0.05, 0) is 18.2 Å². The zero-order chi connectivity index (χ0) is 18.1. The number of nitrogens with zero attached hydrogens (tertiary/aromatic N) is 4. The van der Waals surface area contributed by atoms with E-state index in [-0.39, 0.29) is 0 Å². The summed E-state index contributed by atoms with van der Waals surface area (Å²) in [6.45, 7) is 3.15. The molecule has 7 heteroatoms. The van der Waals surface area contributed by atoms with Crippen LogP contribution in [0.2, 0.25) is 0 Å². The minimum absolute atomic E-state index is 0.523. The number of rotatable bonds is 3. The first-order valence-corrected chi connectivity index (χ1v) is 8.64. The average molecular weight is 351 g/mol. The van der Waals surface area contributed by atoms with E-state index in [9.17, 15) is 4.79 Å². The van der Waals surface area contributed by atoms with Crippen LogP contribution in [0.15, 0.2) is 48.7 Å². The fourth-order valence-electron chi connectivity index (χ4n) is 3.44. The number of amides is 1. The average Bonchev–Trinajstić information content (AvgIpc) is 3.01. The molecule has 134 valence electrons. The summed E-state index contributed by atoms with van der Waals surface area (Å²) in [7, 11) is 0. The van der Waals surface area contributed by atoms with Gasteiger partial charge in [-0.15, -0.1) is 0 Å². The van der Waals surface area contributed by atoms with Crippen LogP contribution in [-0.4, -0.2) is 56.6 Å². The van der Waals surface area contributed by atoms with Gasteiger partial charge in [0.1, 0.15) is 5.65 Å². The van der Waals surface area contributed by atoms with Crippen LogP contribution in [0.4, 0.5) is 10.5 Å². The maximum Gasteiger partial charge on any atom is 0.407 e. The van der Waals surface area contributed by atoms with Gasteiger partial charge in [0, 0.05) is 50.2 Å². The van der Waals surface area contributed by atoms with Gasteiger partial charge in [0.05, 0.1) is 11.4 Å². The third-order valence-corrected chi connectivity index (χ3v) is 4.86. The second-order valence-corrected chi connectivity index (χ2v) is 6.47. The Morgan fingerprint density at radius 3 is 2.54 bits per heavy atom. The van der Waals surface area contributed by atoms with Crippen LogP contribution < -0.4 is 5.73 Å². The third kappa shape index (κ3) is 2.97. The monoisotopic (exact) mass is 351 g/mol. The lowest BCUT2D eigenvalue weighted by Gasteiger charge is -2.33. The predicted octanol–water partition coefficient (Wildman–Crippen LogP) is 2.38. The van der Waals surface area contributed by atoms with E-state index >= 15 is 0 Å². The fourth-order valence-corrected chi connectivity index (χ4v) is 3.44. The Balaban J connectivity index is 1.69. The lowest BCUT2D eigenvalue weighted by atomic mass is 10.1. The summed E-state index contributed by atoms with van der Waals surface area (Å²) in [6, 6.07) is 13.7. The number of hydrogen-bond acceptors (Lipinski definition) is 4. The second-order valence-electron chi connectivity index (χ2n) is 6.47. The van der Waals surface area contributed by atoms with Crippen LogP contribution >= 0.6 is 0 Å². The van der Waals surface area contributed by atoms with Gasteiger partial charge in [-0.3, -0.25) is 4.90 Å². The molecule has 26 heavy (non-hydrogen) atoms. The number of benzene rings is 1. The van der Waals surface area contributed by atoms with Crippen molar-refractivity contribution in [1.29, 1.82) is 0 Å². The molecule has 3 N–H and O–H groups in total. The zero-order valence-corrected chi connectivity index (χ0v) is 14.4. The van der Waals surface area contributed by atoms with Crippen molar-refractivity contribution in [3.05, 3.63) is 54.4 Å². The molecular weight excluding hydrogens is 330 g/mol. The smallest absolute Gasteiger partial charge is 0.407 e. The Morgan fingerprint density at radius 1 is 1.08 bits per heavy atom. The normalized spacial score (nSPS) is 15.5. The van der Waals surface area contributed by atoms with Crippen molar-refractivity contribution in [3.8, 4) is 11.3 Å². The van der Waals surface area contributed by atoms with Crippen molar-refractivity contribution >= 4 is 17.4 Å². The highest BCUT2D eigenvalue weighted by Crippen LogP contribution is 2.30. The second kappa shape index (κ2) is 6.68. The topological polar surface area (TPSA) is 87.1 Å². The number of carboxylic acid groups (broad SMARTS) is 1. The number of nitrogen functional groups attached to an aromatic ring is 1. The molecule has 1 aliphatic rings. The maximum atomic E-state index is 11.1. The molecule has 0 spiro atoms. The first kappa shape index (κ1) is 16.4. The van der Waals surface area contributed by atoms with Gasteiger partial charge in [-0.1, -0.05) is 24.3 Å². The Morgan fingerprint density at radius 2 is 1.81 bits per heavy atom. The van der Waals surface area contributed by atoms with Crippen LogP contribution in [-0.2, 0) is 6.54 Å². The summed E-state index contributed by atoms with van der Waals surface area (Å²) >= 11 is 0. The standard InChI is InChI=1S/C19H21N5O2/c20-15-6-2-1-5-14(15)18-16(24-8-4-3-7-17(24)21-18)13-22-9-11-23(12-10-22)19(25)26/h1-8H,9-13,20H2,(H,25,26). The molecular formula is C19H21N5O2. The molecule has 0 radical (unpaired) electrons. The van der Waals surface area contributed by atoms with Gasteiger partial charge in [-0.2, -0.15) is 0 Å². The lowest BCUT2D eigenvalue weighted by Crippen LogP contribution is -2.47. The van der Waals surface area contributed by atoms with Crippen LogP contribution in [0.3, 0.4) is 0 Å².